The lowest BCUT2D eigenvalue weighted by molar-refractivity contribution is -0.313. The zero-order chi connectivity index (χ0) is 26.5. The Bertz CT molecular complexity index is 1240. The summed E-state index contributed by atoms with van der Waals surface area (Å²) in [4.78, 5) is 13.3. The Labute approximate surface area is 233 Å². The average molecular weight is 552 g/mol. The molecule has 3 aliphatic rings. The highest BCUT2D eigenvalue weighted by atomic mass is 35.5. The van der Waals surface area contributed by atoms with Gasteiger partial charge in [-0.15, -0.1) is 0 Å². The van der Waals surface area contributed by atoms with Crippen LogP contribution >= 0.6 is 11.6 Å². The van der Waals surface area contributed by atoms with Gasteiger partial charge >= 0.3 is 0 Å². The smallest absolute Gasteiger partial charge is 0.287 e. The fourth-order valence-corrected chi connectivity index (χ4v) is 5.46. The number of rotatable bonds is 7. The van der Waals surface area contributed by atoms with Gasteiger partial charge in [0.05, 0.1) is 39.3 Å². The lowest BCUT2D eigenvalue weighted by Gasteiger charge is -2.40. The van der Waals surface area contributed by atoms with E-state index in [1.54, 1.807) is 12.5 Å². The molecular weight excluding hydrogens is 518 g/mol. The second kappa shape index (κ2) is 12.0. The van der Waals surface area contributed by atoms with Crippen LogP contribution in [0.15, 0.2) is 72.2 Å². The van der Waals surface area contributed by atoms with Gasteiger partial charge < -0.3 is 33.3 Å². The summed E-state index contributed by atoms with van der Waals surface area (Å²) in [5, 5.41) is 0.606. The van der Waals surface area contributed by atoms with Crippen LogP contribution in [0.25, 0.3) is 0 Å². The summed E-state index contributed by atoms with van der Waals surface area (Å²) in [6.45, 7) is 7.10. The first kappa shape index (κ1) is 26.1. The van der Waals surface area contributed by atoms with Crippen molar-refractivity contribution in [2.24, 2.45) is 4.99 Å². The van der Waals surface area contributed by atoms with Crippen LogP contribution in [0.2, 0.25) is 5.02 Å². The molecule has 0 spiro atoms. The lowest BCUT2D eigenvalue weighted by Crippen LogP contribution is -2.50. The highest BCUT2D eigenvalue weighted by molar-refractivity contribution is 6.31. The summed E-state index contributed by atoms with van der Waals surface area (Å²) in [6.07, 6.45) is 6.20. The van der Waals surface area contributed by atoms with Crippen molar-refractivity contribution in [2.45, 2.75) is 31.5 Å². The van der Waals surface area contributed by atoms with Gasteiger partial charge in [-0.3, -0.25) is 0 Å². The van der Waals surface area contributed by atoms with Gasteiger partial charge in [0.2, 0.25) is 5.79 Å². The fraction of sp³-hybridized carbons (Fsp3) is 0.448. The van der Waals surface area contributed by atoms with Gasteiger partial charge in [0, 0.05) is 67.8 Å². The Morgan fingerprint density at radius 2 is 1.74 bits per heavy atom. The average Bonchev–Trinajstić information content (AvgIpc) is 3.51. The van der Waals surface area contributed by atoms with Gasteiger partial charge in [0.25, 0.3) is 6.02 Å². The van der Waals surface area contributed by atoms with E-state index in [-0.39, 0.29) is 6.10 Å². The van der Waals surface area contributed by atoms with E-state index in [1.807, 2.05) is 35.0 Å². The van der Waals surface area contributed by atoms with E-state index in [2.05, 4.69) is 44.0 Å². The van der Waals surface area contributed by atoms with E-state index in [0.29, 0.717) is 31.4 Å². The van der Waals surface area contributed by atoms with Crippen molar-refractivity contribution in [2.75, 3.05) is 57.4 Å². The molecule has 6 rings (SSSR count). The van der Waals surface area contributed by atoms with E-state index in [1.165, 1.54) is 5.69 Å². The molecule has 3 aliphatic heterocycles. The molecule has 2 fully saturated rings. The van der Waals surface area contributed by atoms with Crippen molar-refractivity contribution in [1.29, 1.82) is 0 Å². The molecule has 0 saturated carbocycles. The van der Waals surface area contributed by atoms with Crippen LogP contribution in [0.4, 0.5) is 5.69 Å². The molecule has 10 heteroatoms. The van der Waals surface area contributed by atoms with Gasteiger partial charge in [-0.05, 0) is 23.8 Å². The largest absolute Gasteiger partial charge is 0.465 e. The van der Waals surface area contributed by atoms with Gasteiger partial charge in [0.15, 0.2) is 0 Å². The molecule has 9 nitrogen and oxygen atoms in total. The summed E-state index contributed by atoms with van der Waals surface area (Å²) in [5.41, 5.74) is 3.14. The van der Waals surface area contributed by atoms with Crippen molar-refractivity contribution in [3.8, 4) is 0 Å². The summed E-state index contributed by atoms with van der Waals surface area (Å²) in [7, 11) is 0. The van der Waals surface area contributed by atoms with E-state index in [9.17, 15) is 0 Å². The van der Waals surface area contributed by atoms with Crippen LogP contribution in [-0.2, 0) is 37.9 Å². The first-order valence-electron chi connectivity index (χ1n) is 13.5. The van der Waals surface area contributed by atoms with Gasteiger partial charge in [0.1, 0.15) is 6.10 Å². The van der Waals surface area contributed by atoms with Crippen LogP contribution in [0, 0.1) is 0 Å². The molecule has 0 amide bonds. The molecule has 3 aromatic rings. The summed E-state index contributed by atoms with van der Waals surface area (Å²) in [5.74, 6) is -1.000. The number of amidine groups is 1. The number of ether oxygens (including phenoxy) is 4. The third-order valence-corrected chi connectivity index (χ3v) is 7.69. The molecular formula is C29H34ClN5O4. The van der Waals surface area contributed by atoms with Crippen LogP contribution in [-0.4, -0.2) is 79.1 Å². The molecule has 1 aromatic heterocycles. The van der Waals surface area contributed by atoms with Crippen molar-refractivity contribution >= 4 is 23.3 Å². The van der Waals surface area contributed by atoms with Crippen LogP contribution in [0.3, 0.4) is 0 Å². The first-order chi connectivity index (χ1) is 19.2. The summed E-state index contributed by atoms with van der Waals surface area (Å²) < 4.78 is 26.5. The van der Waals surface area contributed by atoms with Gasteiger partial charge in [-0.25, -0.2) is 9.98 Å². The maximum absolute atomic E-state index is 6.54. The number of imidazole rings is 1. The molecule has 0 bridgehead atoms. The molecule has 0 aliphatic carbocycles. The topological polar surface area (TPSA) is 73.6 Å². The Morgan fingerprint density at radius 1 is 0.974 bits per heavy atom. The summed E-state index contributed by atoms with van der Waals surface area (Å²) in [6, 6.07) is 17.1. The number of anilines is 1. The molecule has 2 saturated heterocycles. The van der Waals surface area contributed by atoms with Crippen molar-refractivity contribution in [3.63, 3.8) is 0 Å². The molecule has 4 heterocycles. The standard InChI is InChI=1S/C29H34ClN5O4/c30-27-5-2-1-4-26(27)29(21-33-12-11-31-22-33)38-19-25(20-39-29)37-18-23-6-8-24(9-7-23)34-13-15-35(16-14-34)28-32-10-3-17-36-28/h1-2,4-9,11-12,22,25H,3,10,13-21H2/t25-,29-. The number of nitrogens with zero attached hydrogens (tertiary/aromatic N) is 5. The molecule has 39 heavy (non-hydrogen) atoms. The van der Waals surface area contributed by atoms with Crippen LogP contribution in [0.1, 0.15) is 17.5 Å². The van der Waals surface area contributed by atoms with E-state index >= 15 is 0 Å². The second-order valence-corrected chi connectivity index (χ2v) is 10.4. The number of hydrogen-bond donors (Lipinski definition) is 0. The Kier molecular flexibility index (Phi) is 8.01. The minimum atomic E-state index is -1.000. The SMILES string of the molecule is Clc1ccccc1[C@]1(Cn2ccnc2)OC[C@@H](OCc2ccc(N3CCN(C4=NCCCO4)CC3)cc2)CO1. The molecule has 0 atom stereocenters. The molecule has 0 unspecified atom stereocenters. The van der Waals surface area contributed by atoms with Crippen LogP contribution < -0.4 is 4.90 Å². The maximum atomic E-state index is 6.54. The Balaban J connectivity index is 1.01. The molecule has 0 N–H and O–H groups in total. The minimum absolute atomic E-state index is 0.180. The number of aliphatic imine (C=N–C) groups is 1. The Hall–Kier alpha value is -3.11. The molecule has 0 radical (unpaired) electrons. The van der Waals surface area contributed by atoms with Crippen molar-refractivity contribution < 1.29 is 18.9 Å². The number of benzene rings is 2. The van der Waals surface area contributed by atoms with E-state index < -0.39 is 5.79 Å². The normalized spacial score (nSPS) is 23.8. The maximum Gasteiger partial charge on any atom is 0.287 e. The predicted octanol–water partition coefficient (Wildman–Crippen LogP) is 3.92. The zero-order valence-electron chi connectivity index (χ0n) is 22.0. The lowest BCUT2D eigenvalue weighted by atomic mass is 10.0. The predicted molar refractivity (Wildman–Crippen MR) is 149 cm³/mol. The number of halogens is 1. The third-order valence-electron chi connectivity index (χ3n) is 7.36. The minimum Gasteiger partial charge on any atom is -0.465 e. The molecule has 2 aromatic carbocycles. The van der Waals surface area contributed by atoms with E-state index in [0.717, 1.165) is 62.9 Å². The third kappa shape index (κ3) is 6.06. The van der Waals surface area contributed by atoms with Gasteiger partial charge in [-0.1, -0.05) is 41.9 Å². The van der Waals surface area contributed by atoms with Crippen molar-refractivity contribution in [3.05, 3.63) is 83.4 Å². The van der Waals surface area contributed by atoms with Crippen molar-refractivity contribution in [1.82, 2.24) is 14.5 Å². The highest BCUT2D eigenvalue weighted by Gasteiger charge is 2.41. The zero-order valence-corrected chi connectivity index (χ0v) is 22.7. The molecule has 206 valence electrons. The van der Waals surface area contributed by atoms with E-state index in [4.69, 9.17) is 30.5 Å². The van der Waals surface area contributed by atoms with Gasteiger partial charge in [-0.2, -0.15) is 0 Å². The highest BCUT2D eigenvalue weighted by Crippen LogP contribution is 2.37. The second-order valence-electron chi connectivity index (χ2n) is 10.0. The monoisotopic (exact) mass is 551 g/mol. The summed E-state index contributed by atoms with van der Waals surface area (Å²) >= 11 is 6.54. The number of aromatic nitrogens is 2. The first-order valence-corrected chi connectivity index (χ1v) is 13.9. The van der Waals surface area contributed by atoms with Crippen LogP contribution in [0.5, 0.6) is 0 Å². The Morgan fingerprint density at radius 3 is 2.44 bits per heavy atom. The fourth-order valence-electron chi connectivity index (χ4n) is 5.18. The number of hydrogen-bond acceptors (Lipinski definition) is 8. The quantitative estimate of drug-likeness (QED) is 0.441. The number of piperazine rings is 1.